The van der Waals surface area contributed by atoms with E-state index < -0.39 is 0 Å². The summed E-state index contributed by atoms with van der Waals surface area (Å²) in [5.74, 6) is 0.974. The number of carbonyl (C=O) groups is 1. The molecule has 2 heterocycles. The average Bonchev–Trinajstić information content (AvgIpc) is 3.44. The van der Waals surface area contributed by atoms with Crippen LogP contribution in [0, 0.1) is 6.92 Å². The number of fused-ring (bicyclic) bond motifs is 1. The minimum atomic E-state index is -0.216. The molecule has 0 spiro atoms. The molecule has 0 N–H and O–H groups in total. The molecule has 0 aliphatic rings. The van der Waals surface area contributed by atoms with Crippen molar-refractivity contribution >= 4 is 44.2 Å². The molecule has 2 aromatic heterocycles. The first-order chi connectivity index (χ1) is 16.5. The molecule has 178 valence electrons. The summed E-state index contributed by atoms with van der Waals surface area (Å²) in [5.41, 5.74) is 2.30. The van der Waals surface area contributed by atoms with Crippen molar-refractivity contribution in [2.24, 2.45) is 0 Å². The number of methoxy groups -OCH3 is 1. The standard InChI is InChI=1S/C25H27ClN4O3S/c1-5-29(6-2)13-14-30(25-27-20-12-11-17(32-4)15-21(20)34-25)24(31)22-16(3)33-28-23(22)18-9-7-8-10-19(18)26/h7-12,15H,5-6,13-14H2,1-4H3. The van der Waals surface area contributed by atoms with Gasteiger partial charge < -0.3 is 14.2 Å². The Hall–Kier alpha value is -2.94. The van der Waals surface area contributed by atoms with E-state index in [4.69, 9.17) is 25.8 Å². The van der Waals surface area contributed by atoms with E-state index in [1.165, 1.54) is 11.3 Å². The van der Waals surface area contributed by atoms with Gasteiger partial charge in [-0.05, 0) is 44.3 Å². The van der Waals surface area contributed by atoms with Gasteiger partial charge in [0, 0.05) is 18.7 Å². The van der Waals surface area contributed by atoms with Crippen molar-refractivity contribution in [1.29, 1.82) is 0 Å². The van der Waals surface area contributed by atoms with E-state index in [-0.39, 0.29) is 5.91 Å². The summed E-state index contributed by atoms with van der Waals surface area (Å²) < 4.78 is 11.8. The SMILES string of the molecule is CCN(CC)CCN(C(=O)c1c(-c2ccccc2Cl)noc1C)c1nc2ccc(OC)cc2s1. The predicted octanol–water partition coefficient (Wildman–Crippen LogP) is 5.91. The Morgan fingerprint density at radius 3 is 2.62 bits per heavy atom. The van der Waals surface area contributed by atoms with Crippen LogP contribution < -0.4 is 9.64 Å². The molecule has 0 saturated heterocycles. The first-order valence-corrected chi connectivity index (χ1v) is 12.4. The van der Waals surface area contributed by atoms with Crippen molar-refractivity contribution in [3.05, 3.63) is 58.8 Å². The number of thiazole rings is 1. The van der Waals surface area contributed by atoms with E-state index in [0.29, 0.717) is 45.8 Å². The summed E-state index contributed by atoms with van der Waals surface area (Å²) in [6, 6.07) is 13.0. The fourth-order valence-electron chi connectivity index (χ4n) is 3.80. The third-order valence-electron chi connectivity index (χ3n) is 5.80. The summed E-state index contributed by atoms with van der Waals surface area (Å²) in [6.07, 6.45) is 0. The Morgan fingerprint density at radius 2 is 1.91 bits per heavy atom. The van der Waals surface area contributed by atoms with Crippen LogP contribution in [0.15, 0.2) is 47.0 Å². The average molecular weight is 499 g/mol. The molecule has 7 nitrogen and oxygen atoms in total. The van der Waals surface area contributed by atoms with Gasteiger partial charge in [0.1, 0.15) is 22.8 Å². The van der Waals surface area contributed by atoms with Crippen LogP contribution in [-0.4, -0.2) is 54.2 Å². The van der Waals surface area contributed by atoms with Crippen molar-refractivity contribution < 1.29 is 14.1 Å². The third kappa shape index (κ3) is 4.80. The number of aromatic nitrogens is 2. The van der Waals surface area contributed by atoms with Crippen LogP contribution in [0.4, 0.5) is 5.13 Å². The molecule has 0 radical (unpaired) electrons. The number of anilines is 1. The molecule has 4 rings (SSSR count). The zero-order chi connectivity index (χ0) is 24.2. The summed E-state index contributed by atoms with van der Waals surface area (Å²) in [5, 5.41) is 5.31. The molecule has 0 unspecified atom stereocenters. The van der Waals surface area contributed by atoms with Gasteiger partial charge in [0.2, 0.25) is 0 Å². The first kappa shape index (κ1) is 24.2. The summed E-state index contributed by atoms with van der Waals surface area (Å²) >= 11 is 7.88. The fourth-order valence-corrected chi connectivity index (χ4v) is 5.04. The number of hydrogen-bond donors (Lipinski definition) is 0. The lowest BCUT2D eigenvalue weighted by Gasteiger charge is -2.24. The van der Waals surface area contributed by atoms with Gasteiger partial charge in [-0.3, -0.25) is 9.69 Å². The molecule has 34 heavy (non-hydrogen) atoms. The van der Waals surface area contributed by atoms with Crippen LogP contribution in [0.5, 0.6) is 5.75 Å². The molecule has 0 aliphatic carbocycles. The third-order valence-corrected chi connectivity index (χ3v) is 7.17. The molecule has 2 aromatic carbocycles. The van der Waals surface area contributed by atoms with Gasteiger partial charge in [0.25, 0.3) is 5.91 Å². The minimum Gasteiger partial charge on any atom is -0.497 e. The molecule has 0 saturated carbocycles. The largest absolute Gasteiger partial charge is 0.497 e. The molecule has 4 aromatic rings. The number of nitrogens with zero attached hydrogens (tertiary/aromatic N) is 4. The second-order valence-electron chi connectivity index (χ2n) is 7.76. The minimum absolute atomic E-state index is 0.216. The van der Waals surface area contributed by atoms with Gasteiger partial charge >= 0.3 is 0 Å². The molecule has 0 bridgehead atoms. The zero-order valence-electron chi connectivity index (χ0n) is 19.7. The monoisotopic (exact) mass is 498 g/mol. The fraction of sp³-hybridized carbons (Fsp3) is 0.320. The van der Waals surface area contributed by atoms with Gasteiger partial charge in [-0.25, -0.2) is 4.98 Å². The van der Waals surface area contributed by atoms with Crippen molar-refractivity contribution in [2.75, 3.05) is 38.2 Å². The topological polar surface area (TPSA) is 71.7 Å². The molecular weight excluding hydrogens is 472 g/mol. The van der Waals surface area contributed by atoms with Crippen LogP contribution in [-0.2, 0) is 0 Å². The maximum Gasteiger partial charge on any atom is 0.266 e. The number of carbonyl (C=O) groups excluding carboxylic acids is 1. The van der Waals surface area contributed by atoms with Crippen molar-refractivity contribution in [2.45, 2.75) is 20.8 Å². The van der Waals surface area contributed by atoms with E-state index >= 15 is 0 Å². The highest BCUT2D eigenvalue weighted by Crippen LogP contribution is 2.35. The lowest BCUT2D eigenvalue weighted by Crippen LogP contribution is -2.39. The van der Waals surface area contributed by atoms with E-state index in [0.717, 1.165) is 29.1 Å². The van der Waals surface area contributed by atoms with E-state index in [1.54, 1.807) is 25.0 Å². The molecule has 0 atom stereocenters. The van der Waals surface area contributed by atoms with Crippen molar-refractivity contribution in [3.8, 4) is 17.0 Å². The highest BCUT2D eigenvalue weighted by Gasteiger charge is 2.29. The normalized spacial score (nSPS) is 11.4. The second-order valence-corrected chi connectivity index (χ2v) is 9.17. The summed E-state index contributed by atoms with van der Waals surface area (Å²) in [4.78, 5) is 22.8. The maximum atomic E-state index is 14.0. The Bertz CT molecular complexity index is 1300. The number of likely N-dealkylation sites (N-methyl/N-ethyl adjacent to an activating group) is 1. The zero-order valence-corrected chi connectivity index (χ0v) is 21.2. The lowest BCUT2D eigenvalue weighted by atomic mass is 10.1. The predicted molar refractivity (Wildman–Crippen MR) is 137 cm³/mol. The molecule has 0 fully saturated rings. The van der Waals surface area contributed by atoms with E-state index in [1.807, 2.05) is 36.4 Å². The number of halogens is 1. The number of ether oxygens (including phenoxy) is 1. The van der Waals surface area contributed by atoms with Gasteiger partial charge in [0.05, 0.1) is 22.3 Å². The Labute approximate surface area is 207 Å². The number of aryl methyl sites for hydroxylation is 1. The number of amides is 1. The van der Waals surface area contributed by atoms with Crippen LogP contribution in [0.2, 0.25) is 5.02 Å². The molecule has 1 amide bonds. The number of benzene rings is 2. The van der Waals surface area contributed by atoms with E-state index in [9.17, 15) is 4.79 Å². The van der Waals surface area contributed by atoms with Crippen LogP contribution in [0.3, 0.4) is 0 Å². The van der Waals surface area contributed by atoms with Gasteiger partial charge in [-0.2, -0.15) is 0 Å². The summed E-state index contributed by atoms with van der Waals surface area (Å²) in [7, 11) is 1.63. The van der Waals surface area contributed by atoms with Crippen molar-refractivity contribution in [3.63, 3.8) is 0 Å². The van der Waals surface area contributed by atoms with Gasteiger partial charge in [-0.1, -0.05) is 60.1 Å². The van der Waals surface area contributed by atoms with Crippen LogP contribution in [0.25, 0.3) is 21.5 Å². The number of hydrogen-bond acceptors (Lipinski definition) is 7. The maximum absolute atomic E-state index is 14.0. The Morgan fingerprint density at radius 1 is 1.15 bits per heavy atom. The quantitative estimate of drug-likeness (QED) is 0.285. The second kappa shape index (κ2) is 10.5. The van der Waals surface area contributed by atoms with E-state index in [2.05, 4.69) is 23.9 Å². The highest BCUT2D eigenvalue weighted by molar-refractivity contribution is 7.22. The first-order valence-electron chi connectivity index (χ1n) is 11.2. The lowest BCUT2D eigenvalue weighted by molar-refractivity contribution is 0.0983. The molecule has 0 aliphatic heterocycles. The Balaban J connectivity index is 1.78. The van der Waals surface area contributed by atoms with Crippen molar-refractivity contribution in [1.82, 2.24) is 15.0 Å². The molecule has 9 heteroatoms. The smallest absolute Gasteiger partial charge is 0.266 e. The molecular formula is C25H27ClN4O3S. The van der Waals surface area contributed by atoms with Crippen LogP contribution in [0.1, 0.15) is 30.0 Å². The summed E-state index contributed by atoms with van der Waals surface area (Å²) in [6.45, 7) is 8.94. The van der Waals surface area contributed by atoms with Gasteiger partial charge in [-0.15, -0.1) is 0 Å². The highest BCUT2D eigenvalue weighted by atomic mass is 35.5. The van der Waals surface area contributed by atoms with Crippen LogP contribution >= 0.6 is 22.9 Å². The Kier molecular flexibility index (Phi) is 7.50. The number of rotatable bonds is 9. The van der Waals surface area contributed by atoms with Gasteiger partial charge in [0.15, 0.2) is 5.13 Å².